The second kappa shape index (κ2) is 8.11. The molecule has 0 saturated carbocycles. The Bertz CT molecular complexity index is 551. The van der Waals surface area contributed by atoms with Gasteiger partial charge in [-0.1, -0.05) is 0 Å². The first kappa shape index (κ1) is 16.8. The van der Waals surface area contributed by atoms with Crippen LogP contribution in [0.15, 0.2) is 30.3 Å². The number of carbonyl (C=O) groups excluding carboxylic acids is 1. The summed E-state index contributed by atoms with van der Waals surface area (Å²) in [4.78, 5) is 23.6. The lowest BCUT2D eigenvalue weighted by molar-refractivity contribution is -0.384. The molecule has 0 atom stereocenters. The summed E-state index contributed by atoms with van der Waals surface area (Å²) in [5.41, 5.74) is 0.712. The number of rotatable bonds is 5. The third-order valence-corrected chi connectivity index (χ3v) is 3.17. The Morgan fingerprint density at radius 1 is 1.33 bits per heavy atom. The van der Waals surface area contributed by atoms with Crippen molar-refractivity contribution in [1.29, 1.82) is 0 Å². The molecule has 0 unspecified atom stereocenters. The molecule has 0 heterocycles. The van der Waals surface area contributed by atoms with Crippen LogP contribution in [0.5, 0.6) is 0 Å². The first-order chi connectivity index (χ1) is 9.97. The van der Waals surface area contributed by atoms with E-state index in [1.165, 1.54) is 18.2 Å². The molecule has 0 radical (unpaired) electrons. The second-order valence-corrected chi connectivity index (χ2v) is 4.54. The molecule has 21 heavy (non-hydrogen) atoms. The van der Waals surface area contributed by atoms with E-state index in [4.69, 9.17) is 12.2 Å². The summed E-state index contributed by atoms with van der Waals surface area (Å²) in [5.74, 6) is -0.328. The van der Waals surface area contributed by atoms with E-state index in [-0.39, 0.29) is 11.6 Å². The van der Waals surface area contributed by atoms with Gasteiger partial charge in [0.25, 0.3) is 5.69 Å². The van der Waals surface area contributed by atoms with Gasteiger partial charge in [0, 0.05) is 31.3 Å². The molecule has 0 aliphatic carbocycles. The Morgan fingerprint density at radius 3 is 2.38 bits per heavy atom. The highest BCUT2D eigenvalue weighted by molar-refractivity contribution is 7.80. The number of nitrogens with zero attached hydrogens (tertiary/aromatic N) is 2. The summed E-state index contributed by atoms with van der Waals surface area (Å²) >= 11 is 5.11. The van der Waals surface area contributed by atoms with Gasteiger partial charge in [0.2, 0.25) is 5.91 Å². The summed E-state index contributed by atoms with van der Waals surface area (Å²) in [7, 11) is 0. The summed E-state index contributed by atoms with van der Waals surface area (Å²) in [5, 5.41) is 13.5. The van der Waals surface area contributed by atoms with E-state index in [1.54, 1.807) is 18.2 Å². The van der Waals surface area contributed by atoms with E-state index in [1.807, 2.05) is 18.7 Å². The van der Waals surface area contributed by atoms with Gasteiger partial charge in [0.1, 0.15) is 0 Å². The van der Waals surface area contributed by atoms with Crippen LogP contribution in [0.25, 0.3) is 6.08 Å². The van der Waals surface area contributed by atoms with Crippen molar-refractivity contribution in [2.45, 2.75) is 13.8 Å². The maximum atomic E-state index is 11.7. The zero-order valence-corrected chi connectivity index (χ0v) is 12.7. The Labute approximate surface area is 128 Å². The van der Waals surface area contributed by atoms with E-state index in [2.05, 4.69) is 5.32 Å². The van der Waals surface area contributed by atoms with Crippen molar-refractivity contribution in [2.75, 3.05) is 13.1 Å². The maximum absolute atomic E-state index is 11.7. The van der Waals surface area contributed by atoms with Crippen molar-refractivity contribution in [3.05, 3.63) is 46.0 Å². The third kappa shape index (κ3) is 5.31. The van der Waals surface area contributed by atoms with Gasteiger partial charge in [-0.2, -0.15) is 0 Å². The number of hydrogen-bond acceptors (Lipinski definition) is 4. The standard InChI is InChI=1S/C14H17N3O3S/c1-3-16(4-2)14(21)15-13(18)10-7-11-5-8-12(9-6-11)17(19)20/h5-10H,3-4H2,1-2H3,(H,15,18,21)/b10-7+. The molecule has 0 aromatic heterocycles. The molecular weight excluding hydrogens is 290 g/mol. The topological polar surface area (TPSA) is 75.5 Å². The first-order valence-corrected chi connectivity index (χ1v) is 6.91. The normalized spacial score (nSPS) is 10.4. The zero-order valence-electron chi connectivity index (χ0n) is 11.9. The van der Waals surface area contributed by atoms with Crippen LogP contribution >= 0.6 is 12.2 Å². The molecule has 1 rings (SSSR count). The predicted octanol–water partition coefficient (Wildman–Crippen LogP) is 2.35. The Kier molecular flexibility index (Phi) is 6.48. The lowest BCUT2D eigenvalue weighted by Crippen LogP contribution is -2.41. The summed E-state index contributed by atoms with van der Waals surface area (Å²) in [6, 6.07) is 5.92. The van der Waals surface area contributed by atoms with Crippen molar-refractivity contribution < 1.29 is 9.72 Å². The predicted molar refractivity (Wildman–Crippen MR) is 85.8 cm³/mol. The average molecular weight is 307 g/mol. The highest BCUT2D eigenvalue weighted by Gasteiger charge is 2.07. The third-order valence-electron chi connectivity index (χ3n) is 2.81. The molecule has 6 nitrogen and oxygen atoms in total. The molecule has 0 aliphatic heterocycles. The van der Waals surface area contributed by atoms with Crippen molar-refractivity contribution in [3.63, 3.8) is 0 Å². The second-order valence-electron chi connectivity index (χ2n) is 4.15. The number of nitro groups is 1. The van der Waals surface area contributed by atoms with Gasteiger partial charge in [-0.25, -0.2) is 0 Å². The molecule has 1 N–H and O–H groups in total. The van der Waals surface area contributed by atoms with E-state index < -0.39 is 4.92 Å². The van der Waals surface area contributed by atoms with Crippen molar-refractivity contribution in [3.8, 4) is 0 Å². The van der Waals surface area contributed by atoms with Crippen LogP contribution in [0.1, 0.15) is 19.4 Å². The monoisotopic (exact) mass is 307 g/mol. The number of non-ortho nitro benzene ring substituents is 1. The molecule has 0 fully saturated rings. The first-order valence-electron chi connectivity index (χ1n) is 6.50. The van der Waals surface area contributed by atoms with Crippen LogP contribution in [0, 0.1) is 10.1 Å². The number of thiocarbonyl (C=S) groups is 1. The van der Waals surface area contributed by atoms with Gasteiger partial charge in [0.15, 0.2) is 5.11 Å². The van der Waals surface area contributed by atoms with Crippen LogP contribution in [-0.2, 0) is 4.79 Å². The fourth-order valence-corrected chi connectivity index (χ4v) is 1.97. The summed E-state index contributed by atoms with van der Waals surface area (Å²) in [6.45, 7) is 5.35. The van der Waals surface area contributed by atoms with Crippen molar-refractivity contribution in [1.82, 2.24) is 10.2 Å². The van der Waals surface area contributed by atoms with Crippen LogP contribution in [0.3, 0.4) is 0 Å². The lowest BCUT2D eigenvalue weighted by Gasteiger charge is -2.21. The van der Waals surface area contributed by atoms with Crippen LogP contribution in [-0.4, -0.2) is 33.9 Å². The fourth-order valence-electron chi connectivity index (χ4n) is 1.62. The SMILES string of the molecule is CCN(CC)C(=S)NC(=O)/C=C/c1ccc([N+](=O)[O-])cc1. The minimum Gasteiger partial charge on any atom is -0.350 e. The van der Waals surface area contributed by atoms with Gasteiger partial charge >= 0.3 is 0 Å². The lowest BCUT2D eigenvalue weighted by atomic mass is 10.2. The van der Waals surface area contributed by atoms with E-state index in [0.29, 0.717) is 10.7 Å². The minimum atomic E-state index is -0.470. The van der Waals surface area contributed by atoms with Crippen LogP contribution in [0.2, 0.25) is 0 Å². The van der Waals surface area contributed by atoms with E-state index >= 15 is 0 Å². The molecule has 1 aromatic carbocycles. The summed E-state index contributed by atoms with van der Waals surface area (Å²) in [6.07, 6.45) is 2.92. The molecule has 1 amide bonds. The Morgan fingerprint density at radius 2 is 1.90 bits per heavy atom. The number of nitrogens with one attached hydrogen (secondary N) is 1. The molecule has 1 aromatic rings. The maximum Gasteiger partial charge on any atom is 0.269 e. The fraction of sp³-hybridized carbons (Fsp3) is 0.286. The summed E-state index contributed by atoms with van der Waals surface area (Å²) < 4.78 is 0. The Hall–Kier alpha value is -2.28. The van der Waals surface area contributed by atoms with Gasteiger partial charge < -0.3 is 4.90 Å². The number of benzene rings is 1. The van der Waals surface area contributed by atoms with Crippen molar-refractivity contribution >= 4 is 35.0 Å². The Balaban J connectivity index is 2.61. The van der Waals surface area contributed by atoms with Gasteiger partial charge in [-0.15, -0.1) is 0 Å². The van der Waals surface area contributed by atoms with Gasteiger partial charge in [-0.05, 0) is 49.8 Å². The van der Waals surface area contributed by atoms with E-state index in [0.717, 1.165) is 13.1 Å². The molecule has 7 heteroatoms. The number of nitro benzene ring substituents is 1. The van der Waals surface area contributed by atoms with Gasteiger partial charge in [0.05, 0.1) is 4.92 Å². The molecule has 0 spiro atoms. The van der Waals surface area contributed by atoms with Crippen LogP contribution < -0.4 is 5.32 Å². The molecule has 112 valence electrons. The van der Waals surface area contributed by atoms with E-state index in [9.17, 15) is 14.9 Å². The minimum absolute atomic E-state index is 0.0133. The molecule has 0 bridgehead atoms. The number of hydrogen-bond donors (Lipinski definition) is 1. The highest BCUT2D eigenvalue weighted by Crippen LogP contribution is 2.12. The largest absolute Gasteiger partial charge is 0.350 e. The van der Waals surface area contributed by atoms with Crippen molar-refractivity contribution in [2.24, 2.45) is 0 Å². The smallest absolute Gasteiger partial charge is 0.269 e. The zero-order chi connectivity index (χ0) is 15.8. The highest BCUT2D eigenvalue weighted by atomic mass is 32.1. The van der Waals surface area contributed by atoms with Gasteiger partial charge in [-0.3, -0.25) is 20.2 Å². The molecule has 0 saturated heterocycles. The number of carbonyl (C=O) groups is 1. The van der Waals surface area contributed by atoms with Crippen LogP contribution in [0.4, 0.5) is 5.69 Å². The average Bonchev–Trinajstić information content (AvgIpc) is 2.46. The quantitative estimate of drug-likeness (QED) is 0.391. The molecular formula is C14H17N3O3S. The molecule has 0 aliphatic rings. The number of amides is 1.